The minimum atomic E-state index is -3.97. The van der Waals surface area contributed by atoms with E-state index in [2.05, 4.69) is 28.5 Å². The number of halogens is 1. The van der Waals surface area contributed by atoms with Crippen molar-refractivity contribution < 1.29 is 51.0 Å². The molecule has 6 rings (SSSR count). The molecule has 5 aliphatic rings. The third-order valence-corrected chi connectivity index (χ3v) is 12.5. The number of carbonyl (C=O) groups is 6. The summed E-state index contributed by atoms with van der Waals surface area (Å²) in [7, 11) is -2.58. The normalized spacial score (nSPS) is 25.2. The fourth-order valence-corrected chi connectivity index (χ4v) is 8.72. The van der Waals surface area contributed by atoms with Crippen molar-refractivity contribution in [3.63, 3.8) is 0 Å². The number of likely N-dealkylation sites (tertiary alicyclic amines) is 1. The van der Waals surface area contributed by atoms with Crippen molar-refractivity contribution >= 4 is 45.8 Å². The number of alkyl carbamates (subject to hydrolysis) is 1. The molecule has 0 aromatic heterocycles. The Morgan fingerprint density at radius 3 is 2.41 bits per heavy atom. The molecule has 1 aromatic carbocycles. The number of ether oxygens (including phenoxy) is 2. The van der Waals surface area contributed by atoms with E-state index in [1.165, 1.54) is 30.2 Å². The highest BCUT2D eigenvalue weighted by Gasteiger charge is 2.62. The van der Waals surface area contributed by atoms with Crippen LogP contribution in [0.25, 0.3) is 0 Å². The molecule has 5 unspecified atom stereocenters. The van der Waals surface area contributed by atoms with Crippen molar-refractivity contribution in [1.82, 2.24) is 30.1 Å². The van der Waals surface area contributed by atoms with Gasteiger partial charge in [0.1, 0.15) is 35.6 Å². The molecule has 6 amide bonds. The predicted octanol–water partition coefficient (Wildman–Crippen LogP) is 1.60. The molecule has 3 aliphatic carbocycles. The minimum Gasteiger partial charge on any atom is -0.446 e. The smallest absolute Gasteiger partial charge is 0.410 e. The van der Waals surface area contributed by atoms with Crippen LogP contribution in [0.3, 0.4) is 0 Å². The summed E-state index contributed by atoms with van der Waals surface area (Å²) in [6, 6.07) is 1.70. The first-order chi connectivity index (χ1) is 25.6. The van der Waals surface area contributed by atoms with E-state index >= 15 is 0 Å². The van der Waals surface area contributed by atoms with Crippen LogP contribution >= 0.6 is 0 Å². The second-order valence-corrected chi connectivity index (χ2v) is 16.6. The number of hydrogen-bond acceptors (Lipinski definition) is 10. The lowest BCUT2D eigenvalue weighted by molar-refractivity contribution is -0.141. The summed E-state index contributed by atoms with van der Waals surface area (Å²) in [6.07, 6.45) is 2.98. The van der Waals surface area contributed by atoms with Crippen LogP contribution in [0.4, 0.5) is 14.0 Å². The summed E-state index contributed by atoms with van der Waals surface area (Å²) in [5, 5.41) is 4.49. The van der Waals surface area contributed by atoms with Crippen molar-refractivity contribution in [1.29, 1.82) is 0 Å². The standard InChI is InChI=1S/C36H45FN6O10S/c1-4-22-16-36(22,33(47)40-54(50,51)25-13-14-25)39-31(45)29-15-24(53-35(49)42-17-21-9-8-12-27(37)26(21)19-42)18-43(29)32(46)28(20-41(3)30(44)5-2)38-34(48)52-23-10-6-7-11-23/h4-5,8-9,12,22-25,28-29H,1-2,6-7,10-11,13-20H2,3H3,(H,38,48)(H,39,45)(H,40,47). The molecular weight excluding hydrogens is 727 g/mol. The molecule has 1 aromatic rings. The molecule has 4 fully saturated rings. The number of hydrogen-bond donors (Lipinski definition) is 3. The third kappa shape index (κ3) is 8.22. The summed E-state index contributed by atoms with van der Waals surface area (Å²) in [5.41, 5.74) is -0.716. The number of fused-ring (bicyclic) bond motifs is 1. The van der Waals surface area contributed by atoms with E-state index in [1.807, 2.05) is 0 Å². The molecule has 0 bridgehead atoms. The summed E-state index contributed by atoms with van der Waals surface area (Å²) < 4.78 is 53.1. The fraction of sp³-hybridized carbons (Fsp3) is 0.556. The number of carbonyl (C=O) groups excluding carboxylic acids is 6. The molecule has 0 radical (unpaired) electrons. The van der Waals surface area contributed by atoms with Crippen LogP contribution in [0.5, 0.6) is 0 Å². The Bertz CT molecular complexity index is 1850. The van der Waals surface area contributed by atoms with Crippen molar-refractivity contribution in [3.05, 3.63) is 60.5 Å². The second kappa shape index (κ2) is 15.4. The molecule has 16 nitrogen and oxygen atoms in total. The van der Waals surface area contributed by atoms with Gasteiger partial charge in [0.15, 0.2) is 0 Å². The number of rotatable bonds is 13. The van der Waals surface area contributed by atoms with Crippen molar-refractivity contribution in [2.24, 2.45) is 5.92 Å². The van der Waals surface area contributed by atoms with Crippen molar-refractivity contribution in [2.45, 2.75) is 99.5 Å². The van der Waals surface area contributed by atoms with Crippen LogP contribution in [0.1, 0.15) is 62.5 Å². The van der Waals surface area contributed by atoms with Crippen molar-refractivity contribution in [3.8, 4) is 0 Å². The highest BCUT2D eigenvalue weighted by atomic mass is 32.2. The van der Waals surface area contributed by atoms with Gasteiger partial charge in [-0.2, -0.15) is 0 Å². The Morgan fingerprint density at radius 2 is 1.78 bits per heavy atom. The zero-order valence-electron chi connectivity index (χ0n) is 30.0. The molecule has 54 heavy (non-hydrogen) atoms. The molecule has 18 heteroatoms. The summed E-state index contributed by atoms with van der Waals surface area (Å²) in [5.74, 6) is -4.24. The summed E-state index contributed by atoms with van der Waals surface area (Å²) >= 11 is 0. The number of nitrogens with one attached hydrogen (secondary N) is 3. The minimum absolute atomic E-state index is 0.0467. The maximum Gasteiger partial charge on any atom is 0.410 e. The number of amides is 6. The Labute approximate surface area is 312 Å². The van der Waals surface area contributed by atoms with Gasteiger partial charge in [-0.1, -0.05) is 24.8 Å². The topological polar surface area (TPSA) is 201 Å². The first kappa shape index (κ1) is 38.7. The molecular formula is C36H45FN6O10S. The maximum absolute atomic E-state index is 14.4. The molecule has 0 spiro atoms. The van der Waals surface area contributed by atoms with Crippen LogP contribution in [0.2, 0.25) is 0 Å². The molecule has 292 valence electrons. The van der Waals surface area contributed by atoms with Gasteiger partial charge >= 0.3 is 12.2 Å². The fourth-order valence-electron chi connectivity index (χ4n) is 7.36. The predicted molar refractivity (Wildman–Crippen MR) is 189 cm³/mol. The zero-order chi connectivity index (χ0) is 38.9. The van der Waals surface area contributed by atoms with Crippen LogP contribution in [-0.2, 0) is 51.8 Å². The van der Waals surface area contributed by atoms with E-state index in [0.29, 0.717) is 36.8 Å². The lowest BCUT2D eigenvalue weighted by Gasteiger charge is -2.31. The lowest BCUT2D eigenvalue weighted by Crippen LogP contribution is -2.59. The largest absolute Gasteiger partial charge is 0.446 e. The number of nitrogens with zero attached hydrogens (tertiary/aromatic N) is 3. The Hall–Kier alpha value is -5.00. The third-order valence-electron chi connectivity index (χ3n) is 10.7. The number of likely N-dealkylation sites (N-methyl/N-ethyl adjacent to an activating group) is 1. The quantitative estimate of drug-likeness (QED) is 0.195. The highest BCUT2D eigenvalue weighted by molar-refractivity contribution is 7.91. The Kier molecular flexibility index (Phi) is 11.0. The van der Waals surface area contributed by atoms with Gasteiger partial charge in [0.25, 0.3) is 5.91 Å². The van der Waals surface area contributed by atoms with Gasteiger partial charge in [-0.05, 0) is 62.7 Å². The monoisotopic (exact) mass is 772 g/mol. The number of sulfonamides is 1. The van der Waals surface area contributed by atoms with Crippen LogP contribution in [0, 0.1) is 11.7 Å². The SMILES string of the molecule is C=CC(=O)N(C)CC(NC(=O)OC1CCCC1)C(=O)N1CC(OC(=O)N2Cc3cccc(F)c3C2)CC1C(=O)NC1(C(=O)NS(=O)(=O)C2CC2)CC1C=C. The van der Waals surface area contributed by atoms with Crippen LogP contribution < -0.4 is 15.4 Å². The molecule has 1 saturated heterocycles. The van der Waals surface area contributed by atoms with E-state index in [9.17, 15) is 41.6 Å². The first-order valence-corrected chi connectivity index (χ1v) is 19.6. The molecule has 5 atom stereocenters. The van der Waals surface area contributed by atoms with Crippen LogP contribution in [0.15, 0.2) is 43.5 Å². The van der Waals surface area contributed by atoms with Gasteiger partial charge in [-0.15, -0.1) is 6.58 Å². The van der Waals surface area contributed by atoms with Gasteiger partial charge in [0.05, 0.1) is 24.9 Å². The first-order valence-electron chi connectivity index (χ1n) is 18.0. The molecule has 3 N–H and O–H groups in total. The van der Waals surface area contributed by atoms with Crippen LogP contribution in [-0.4, -0.2) is 114 Å². The average molecular weight is 773 g/mol. The van der Waals surface area contributed by atoms with E-state index in [-0.39, 0.29) is 45.1 Å². The zero-order valence-corrected chi connectivity index (χ0v) is 30.8. The van der Waals surface area contributed by atoms with Gasteiger partial charge in [-0.25, -0.2) is 22.4 Å². The Balaban J connectivity index is 1.23. The second-order valence-electron chi connectivity index (χ2n) is 14.6. The summed E-state index contributed by atoms with van der Waals surface area (Å²) in [4.78, 5) is 84.4. The average Bonchev–Trinajstić information content (AvgIpc) is 3.93. The van der Waals surface area contributed by atoms with E-state index < -0.39 is 86.6 Å². The van der Waals surface area contributed by atoms with E-state index in [0.717, 1.165) is 28.7 Å². The van der Waals surface area contributed by atoms with Gasteiger partial charge in [-0.3, -0.25) is 28.8 Å². The van der Waals surface area contributed by atoms with E-state index in [1.54, 1.807) is 6.07 Å². The molecule has 2 heterocycles. The number of benzene rings is 1. The Morgan fingerprint density at radius 1 is 1.06 bits per heavy atom. The van der Waals surface area contributed by atoms with Gasteiger partial charge in [0, 0.05) is 31.5 Å². The summed E-state index contributed by atoms with van der Waals surface area (Å²) in [6.45, 7) is 6.53. The van der Waals surface area contributed by atoms with Gasteiger partial charge in [0.2, 0.25) is 27.7 Å². The van der Waals surface area contributed by atoms with E-state index in [4.69, 9.17) is 9.47 Å². The van der Waals surface area contributed by atoms with Gasteiger partial charge < -0.3 is 29.9 Å². The lowest BCUT2D eigenvalue weighted by atomic mass is 10.1. The molecule has 2 aliphatic heterocycles. The van der Waals surface area contributed by atoms with Crippen molar-refractivity contribution in [2.75, 3.05) is 20.1 Å². The molecule has 3 saturated carbocycles. The highest BCUT2D eigenvalue weighted by Crippen LogP contribution is 2.45. The maximum atomic E-state index is 14.4.